The van der Waals surface area contributed by atoms with Gasteiger partial charge in [0.15, 0.2) is 5.78 Å². The Balaban J connectivity index is 2.02. The number of alkyl halides is 6. The Kier molecular flexibility index (Phi) is 6.98. The second-order valence-corrected chi connectivity index (χ2v) is 8.23. The van der Waals surface area contributed by atoms with Gasteiger partial charge in [0.05, 0.1) is 12.3 Å². The quantitative estimate of drug-likeness (QED) is 0.431. The number of halogens is 6. The first-order valence-corrected chi connectivity index (χ1v) is 10.3. The van der Waals surface area contributed by atoms with Crippen molar-refractivity contribution < 1.29 is 45.8 Å². The van der Waals surface area contributed by atoms with E-state index in [1.807, 2.05) is 0 Å². The van der Waals surface area contributed by atoms with Gasteiger partial charge in [0, 0.05) is 0 Å². The van der Waals surface area contributed by atoms with E-state index in [0.29, 0.717) is 18.1 Å². The highest BCUT2D eigenvalue weighted by Crippen LogP contribution is 2.44. The summed E-state index contributed by atoms with van der Waals surface area (Å²) >= 11 is 0. The largest absolute Gasteiger partial charge is 0.405 e. The second-order valence-electron chi connectivity index (χ2n) is 8.23. The van der Waals surface area contributed by atoms with Crippen LogP contribution in [0.15, 0.2) is 48.5 Å². The Labute approximate surface area is 195 Å². The van der Waals surface area contributed by atoms with Crippen molar-refractivity contribution in [3.63, 3.8) is 0 Å². The molecule has 0 saturated carbocycles. The van der Waals surface area contributed by atoms with Crippen LogP contribution in [0.5, 0.6) is 0 Å². The van der Waals surface area contributed by atoms with Gasteiger partial charge in [-0.2, -0.15) is 26.3 Å². The summed E-state index contributed by atoms with van der Waals surface area (Å²) in [6.07, 6.45) is -11.1. The van der Waals surface area contributed by atoms with Crippen LogP contribution in [0.3, 0.4) is 0 Å². The zero-order valence-corrected chi connectivity index (χ0v) is 18.1. The molecule has 35 heavy (non-hydrogen) atoms. The molecule has 0 bridgehead atoms. The number of ketones is 1. The Bertz CT molecular complexity index is 1140. The molecule has 6 nitrogen and oxygen atoms in total. The molecule has 3 N–H and O–H groups in total. The zero-order chi connectivity index (χ0) is 26.2. The van der Waals surface area contributed by atoms with Crippen molar-refractivity contribution in [2.75, 3.05) is 6.54 Å². The average Bonchev–Trinajstić information content (AvgIpc) is 2.85. The number of hydrogen-bond donors (Lipinski definition) is 3. The average molecular weight is 502 g/mol. The fraction of sp³-hybridized carbons (Fsp3) is 0.348. The van der Waals surface area contributed by atoms with E-state index in [1.165, 1.54) is 41.7 Å². The van der Waals surface area contributed by atoms with Gasteiger partial charge in [-0.05, 0) is 29.2 Å². The first-order valence-electron chi connectivity index (χ1n) is 10.3. The van der Waals surface area contributed by atoms with E-state index in [2.05, 4.69) is 5.32 Å². The van der Waals surface area contributed by atoms with Gasteiger partial charge in [-0.25, -0.2) is 0 Å². The molecule has 0 radical (unpaired) electrons. The van der Waals surface area contributed by atoms with E-state index < -0.39 is 60.5 Å². The van der Waals surface area contributed by atoms with E-state index in [4.69, 9.17) is 0 Å². The summed E-state index contributed by atoms with van der Waals surface area (Å²) in [5.41, 5.74) is -2.20. The van der Waals surface area contributed by atoms with Gasteiger partial charge >= 0.3 is 12.4 Å². The van der Waals surface area contributed by atoms with Gasteiger partial charge in [0.2, 0.25) is 5.60 Å². The summed E-state index contributed by atoms with van der Waals surface area (Å²) in [5.74, 6) is -6.04. The molecule has 1 unspecified atom stereocenters. The van der Waals surface area contributed by atoms with Crippen molar-refractivity contribution >= 4 is 17.6 Å². The second kappa shape index (κ2) is 9.33. The number of aliphatic hydroxyl groups is 1. The molecule has 0 aliphatic heterocycles. The summed E-state index contributed by atoms with van der Waals surface area (Å²) in [7, 11) is 0. The monoisotopic (exact) mass is 502 g/mol. The number of Topliss-reactive ketones (excluding diaryl/α,β-unsaturated/α-hetero) is 1. The summed E-state index contributed by atoms with van der Waals surface area (Å²) in [6.45, 7) is -1.22. The van der Waals surface area contributed by atoms with E-state index in [1.54, 1.807) is 12.1 Å². The molecular weight excluding hydrogens is 482 g/mol. The summed E-state index contributed by atoms with van der Waals surface area (Å²) in [4.78, 5) is 38.2. The lowest BCUT2D eigenvalue weighted by Gasteiger charge is -2.27. The highest BCUT2D eigenvalue weighted by Gasteiger charge is 2.46. The molecule has 0 fully saturated rings. The minimum atomic E-state index is -4.82. The lowest BCUT2D eigenvalue weighted by Crippen LogP contribution is -2.57. The number of nitrogens with one attached hydrogen (secondary N) is 2. The van der Waals surface area contributed by atoms with Crippen molar-refractivity contribution in [1.82, 2.24) is 10.6 Å². The smallest absolute Gasteiger partial charge is 0.372 e. The highest BCUT2D eigenvalue weighted by molar-refractivity contribution is 6.09. The third-order valence-electron chi connectivity index (χ3n) is 5.57. The molecule has 0 aromatic heterocycles. The van der Waals surface area contributed by atoms with Crippen LogP contribution < -0.4 is 10.6 Å². The van der Waals surface area contributed by atoms with Crippen molar-refractivity contribution in [3.05, 3.63) is 59.7 Å². The SMILES string of the molecule is C[C@@](O)(C(=O)NCC(F)(F)F)C(=O)N[C@@H]1C(=O)C(CC(F)(F)F)c2ccccc2-c2ccccc21. The van der Waals surface area contributed by atoms with Crippen LogP contribution in [-0.2, 0) is 14.4 Å². The Hall–Kier alpha value is -3.41. The van der Waals surface area contributed by atoms with E-state index >= 15 is 0 Å². The third-order valence-corrected chi connectivity index (χ3v) is 5.57. The van der Waals surface area contributed by atoms with E-state index in [-0.39, 0.29) is 11.1 Å². The Morgan fingerprint density at radius 1 is 0.857 bits per heavy atom. The van der Waals surface area contributed by atoms with Crippen molar-refractivity contribution in [3.8, 4) is 11.1 Å². The molecular formula is C23H20F6N2O4. The zero-order valence-electron chi connectivity index (χ0n) is 18.1. The van der Waals surface area contributed by atoms with E-state index in [0.717, 1.165) is 0 Å². The van der Waals surface area contributed by atoms with Crippen LogP contribution in [0.4, 0.5) is 26.3 Å². The number of amides is 2. The number of fused-ring (bicyclic) bond motifs is 3. The highest BCUT2D eigenvalue weighted by atomic mass is 19.4. The molecule has 3 rings (SSSR count). The molecule has 0 spiro atoms. The molecule has 3 atom stereocenters. The number of carbonyl (C=O) groups excluding carboxylic acids is 3. The maximum Gasteiger partial charge on any atom is 0.405 e. The Morgan fingerprint density at radius 3 is 1.91 bits per heavy atom. The summed E-state index contributed by atoms with van der Waals surface area (Å²) in [5, 5.41) is 13.8. The third kappa shape index (κ3) is 5.81. The van der Waals surface area contributed by atoms with Crippen molar-refractivity contribution in [2.24, 2.45) is 0 Å². The van der Waals surface area contributed by atoms with E-state index in [9.17, 15) is 45.8 Å². The number of benzene rings is 2. The van der Waals surface area contributed by atoms with Crippen LogP contribution in [-0.4, -0.2) is 47.2 Å². The Morgan fingerprint density at radius 2 is 1.37 bits per heavy atom. The fourth-order valence-electron chi connectivity index (χ4n) is 3.87. The lowest BCUT2D eigenvalue weighted by molar-refractivity contribution is -0.159. The number of carbonyl (C=O) groups is 3. The minimum absolute atomic E-state index is 0.0775. The first-order chi connectivity index (χ1) is 16.1. The van der Waals surface area contributed by atoms with Crippen LogP contribution in [0.1, 0.15) is 36.4 Å². The molecule has 0 heterocycles. The van der Waals surface area contributed by atoms with Gasteiger partial charge in [0.25, 0.3) is 11.8 Å². The molecule has 1 aliphatic carbocycles. The van der Waals surface area contributed by atoms with Gasteiger partial charge in [-0.1, -0.05) is 48.5 Å². The van der Waals surface area contributed by atoms with Gasteiger partial charge < -0.3 is 15.7 Å². The maximum atomic E-state index is 13.4. The first kappa shape index (κ1) is 26.2. The van der Waals surface area contributed by atoms with Crippen LogP contribution in [0.2, 0.25) is 0 Å². The van der Waals surface area contributed by atoms with Crippen LogP contribution >= 0.6 is 0 Å². The fourth-order valence-corrected chi connectivity index (χ4v) is 3.87. The van der Waals surface area contributed by atoms with Gasteiger partial charge in [-0.15, -0.1) is 0 Å². The predicted molar refractivity (Wildman–Crippen MR) is 111 cm³/mol. The molecule has 12 heteroatoms. The topological polar surface area (TPSA) is 95.5 Å². The van der Waals surface area contributed by atoms with Crippen LogP contribution in [0, 0.1) is 0 Å². The van der Waals surface area contributed by atoms with Gasteiger partial charge in [-0.3, -0.25) is 14.4 Å². The predicted octanol–water partition coefficient (Wildman–Crippen LogP) is 3.56. The van der Waals surface area contributed by atoms with Crippen molar-refractivity contribution in [2.45, 2.75) is 43.3 Å². The summed E-state index contributed by atoms with van der Waals surface area (Å²) in [6, 6.07) is 10.2. The molecule has 1 aliphatic rings. The van der Waals surface area contributed by atoms with Crippen LogP contribution in [0.25, 0.3) is 11.1 Å². The molecule has 188 valence electrons. The van der Waals surface area contributed by atoms with Gasteiger partial charge in [0.1, 0.15) is 12.6 Å². The molecule has 2 aromatic carbocycles. The summed E-state index contributed by atoms with van der Waals surface area (Å²) < 4.78 is 77.5. The molecule has 2 amide bonds. The number of rotatable bonds is 5. The number of hydrogen-bond acceptors (Lipinski definition) is 4. The lowest BCUT2D eigenvalue weighted by atomic mass is 9.86. The molecule has 0 saturated heterocycles. The van der Waals surface area contributed by atoms with Crippen molar-refractivity contribution in [1.29, 1.82) is 0 Å². The minimum Gasteiger partial charge on any atom is -0.372 e. The normalized spacial score (nSPS) is 19.6. The standard InChI is InChI=1S/C23H20F6N2O4/c1-21(35,19(33)30-11-23(27,28)29)20(34)31-17-15-9-5-4-7-13(15)12-6-2-3-8-14(12)16(18(17)32)10-22(24,25)26/h2-9,16-17,35H,10-11H2,1H3,(H,30,33)(H,31,34)/t16?,17-,21+/m0/s1. The molecule has 2 aromatic rings. The maximum absolute atomic E-state index is 13.4.